The van der Waals surface area contributed by atoms with Crippen molar-refractivity contribution in [3.05, 3.63) is 11.4 Å². The minimum Gasteiger partial charge on any atom is -0.379 e. The second-order valence-electron chi connectivity index (χ2n) is 4.82. The molecule has 1 aromatic rings. The summed E-state index contributed by atoms with van der Waals surface area (Å²) in [5.41, 5.74) is 1.15. The average molecular weight is 302 g/mol. The quantitative estimate of drug-likeness (QED) is 0.735. The van der Waals surface area contributed by atoms with Crippen LogP contribution >= 0.6 is 0 Å². The van der Waals surface area contributed by atoms with Gasteiger partial charge in [0, 0.05) is 19.6 Å². The fourth-order valence-corrected chi connectivity index (χ4v) is 3.97. The highest BCUT2D eigenvalue weighted by molar-refractivity contribution is 7.89. The van der Waals surface area contributed by atoms with Crippen molar-refractivity contribution >= 4 is 10.0 Å². The van der Waals surface area contributed by atoms with Gasteiger partial charge in [-0.15, -0.1) is 0 Å². The van der Waals surface area contributed by atoms with Gasteiger partial charge in [0.15, 0.2) is 0 Å². The van der Waals surface area contributed by atoms with E-state index in [0.29, 0.717) is 49.1 Å². The SMILES string of the molecule is CCCNCc1n[nH]c(C)c1S(=O)(=O)N1CCOCC1. The molecule has 20 heavy (non-hydrogen) atoms. The number of nitrogens with one attached hydrogen (secondary N) is 2. The molecular formula is C12H22N4O3S. The van der Waals surface area contributed by atoms with Crippen molar-refractivity contribution in [3.8, 4) is 0 Å². The molecule has 1 aliphatic heterocycles. The van der Waals surface area contributed by atoms with Crippen molar-refractivity contribution in [1.82, 2.24) is 19.8 Å². The van der Waals surface area contributed by atoms with Crippen LogP contribution in [-0.4, -0.2) is 55.8 Å². The van der Waals surface area contributed by atoms with Gasteiger partial charge >= 0.3 is 0 Å². The van der Waals surface area contributed by atoms with Gasteiger partial charge in [0.1, 0.15) is 4.90 Å². The number of hydrogen-bond acceptors (Lipinski definition) is 5. The molecule has 1 saturated heterocycles. The Labute approximate surface area is 119 Å². The third-order valence-electron chi connectivity index (χ3n) is 3.25. The number of aromatic nitrogens is 2. The summed E-state index contributed by atoms with van der Waals surface area (Å²) in [4.78, 5) is 0.308. The minimum atomic E-state index is -3.50. The van der Waals surface area contributed by atoms with E-state index in [1.54, 1.807) is 6.92 Å². The number of aryl methyl sites for hydroxylation is 1. The van der Waals surface area contributed by atoms with Crippen LogP contribution in [0.2, 0.25) is 0 Å². The molecule has 0 unspecified atom stereocenters. The Hall–Kier alpha value is -0.960. The van der Waals surface area contributed by atoms with Crippen LogP contribution in [-0.2, 0) is 21.3 Å². The number of rotatable bonds is 6. The zero-order chi connectivity index (χ0) is 14.6. The minimum absolute atomic E-state index is 0.308. The molecular weight excluding hydrogens is 280 g/mol. The molecule has 0 atom stereocenters. The Bertz CT molecular complexity index is 535. The molecule has 0 saturated carbocycles. The van der Waals surface area contributed by atoms with Crippen molar-refractivity contribution in [2.45, 2.75) is 31.7 Å². The van der Waals surface area contributed by atoms with E-state index in [0.717, 1.165) is 13.0 Å². The standard InChI is InChI=1S/C12H22N4O3S/c1-3-4-13-9-11-12(10(2)14-15-11)20(17,18)16-5-7-19-8-6-16/h13H,3-9H2,1-2H3,(H,14,15). The topological polar surface area (TPSA) is 87.3 Å². The predicted molar refractivity (Wildman–Crippen MR) is 74.9 cm³/mol. The Morgan fingerprint density at radius 1 is 1.40 bits per heavy atom. The van der Waals surface area contributed by atoms with Crippen LogP contribution in [0.4, 0.5) is 0 Å². The highest BCUT2D eigenvalue weighted by Gasteiger charge is 2.31. The lowest BCUT2D eigenvalue weighted by Gasteiger charge is -2.26. The first-order chi connectivity index (χ1) is 9.57. The van der Waals surface area contributed by atoms with Crippen molar-refractivity contribution in [3.63, 3.8) is 0 Å². The Kier molecular flexibility index (Phi) is 5.14. The van der Waals surface area contributed by atoms with E-state index in [-0.39, 0.29) is 0 Å². The molecule has 114 valence electrons. The smallest absolute Gasteiger partial charge is 0.246 e. The van der Waals surface area contributed by atoms with Gasteiger partial charge in [0.25, 0.3) is 0 Å². The average Bonchev–Trinajstić information content (AvgIpc) is 2.82. The molecule has 1 aliphatic rings. The summed E-state index contributed by atoms with van der Waals surface area (Å²) in [7, 11) is -3.50. The first-order valence-corrected chi connectivity index (χ1v) is 8.33. The van der Waals surface area contributed by atoms with E-state index in [1.165, 1.54) is 4.31 Å². The van der Waals surface area contributed by atoms with Crippen molar-refractivity contribution in [2.24, 2.45) is 0 Å². The second kappa shape index (κ2) is 6.66. The van der Waals surface area contributed by atoms with Gasteiger partial charge in [-0.3, -0.25) is 5.10 Å². The number of aromatic amines is 1. The van der Waals surface area contributed by atoms with Crippen LogP contribution in [0.5, 0.6) is 0 Å². The molecule has 1 aromatic heterocycles. The van der Waals surface area contributed by atoms with E-state index < -0.39 is 10.0 Å². The van der Waals surface area contributed by atoms with Gasteiger partial charge in [-0.2, -0.15) is 9.40 Å². The van der Waals surface area contributed by atoms with E-state index in [9.17, 15) is 8.42 Å². The number of H-pyrrole nitrogens is 1. The monoisotopic (exact) mass is 302 g/mol. The molecule has 2 rings (SSSR count). The largest absolute Gasteiger partial charge is 0.379 e. The van der Waals surface area contributed by atoms with Crippen LogP contribution in [0.1, 0.15) is 24.7 Å². The maximum atomic E-state index is 12.7. The van der Waals surface area contributed by atoms with Crippen LogP contribution in [0.25, 0.3) is 0 Å². The summed E-state index contributed by atoms with van der Waals surface area (Å²) in [6.07, 6.45) is 0.995. The molecule has 0 aromatic carbocycles. The van der Waals surface area contributed by atoms with E-state index in [2.05, 4.69) is 22.4 Å². The molecule has 1 fully saturated rings. The molecule has 0 amide bonds. The van der Waals surface area contributed by atoms with Crippen LogP contribution < -0.4 is 5.32 Å². The molecule has 2 N–H and O–H groups in total. The molecule has 8 heteroatoms. The summed E-state index contributed by atoms with van der Waals surface area (Å²) in [6, 6.07) is 0. The third-order valence-corrected chi connectivity index (χ3v) is 5.35. The molecule has 2 heterocycles. The fraction of sp³-hybridized carbons (Fsp3) is 0.750. The van der Waals surface area contributed by atoms with E-state index >= 15 is 0 Å². The molecule has 0 radical (unpaired) electrons. The Morgan fingerprint density at radius 2 is 2.10 bits per heavy atom. The summed E-state index contributed by atoms with van der Waals surface area (Å²) in [5.74, 6) is 0. The van der Waals surface area contributed by atoms with Crippen molar-refractivity contribution < 1.29 is 13.2 Å². The van der Waals surface area contributed by atoms with Crippen molar-refractivity contribution in [2.75, 3.05) is 32.8 Å². The van der Waals surface area contributed by atoms with Crippen LogP contribution in [0.3, 0.4) is 0 Å². The lowest BCUT2D eigenvalue weighted by atomic mass is 10.3. The zero-order valence-corrected chi connectivity index (χ0v) is 12.8. The number of hydrogen-bond donors (Lipinski definition) is 2. The molecule has 7 nitrogen and oxygen atoms in total. The maximum Gasteiger partial charge on any atom is 0.246 e. The number of sulfonamides is 1. The second-order valence-corrected chi connectivity index (χ2v) is 6.69. The highest BCUT2D eigenvalue weighted by Crippen LogP contribution is 2.22. The lowest BCUT2D eigenvalue weighted by molar-refractivity contribution is 0.0730. The number of nitrogens with zero attached hydrogens (tertiary/aromatic N) is 2. The summed E-state index contributed by atoms with van der Waals surface area (Å²) >= 11 is 0. The number of morpholine rings is 1. The number of ether oxygens (including phenoxy) is 1. The molecule has 0 spiro atoms. The van der Waals surface area contributed by atoms with Gasteiger partial charge in [-0.05, 0) is 19.9 Å². The molecule has 0 bridgehead atoms. The van der Waals surface area contributed by atoms with Gasteiger partial charge in [-0.1, -0.05) is 6.92 Å². The molecule has 0 aliphatic carbocycles. The fourth-order valence-electron chi connectivity index (χ4n) is 2.23. The van der Waals surface area contributed by atoms with E-state index in [1.807, 2.05) is 0 Å². The highest BCUT2D eigenvalue weighted by atomic mass is 32.2. The van der Waals surface area contributed by atoms with Gasteiger partial charge < -0.3 is 10.1 Å². The van der Waals surface area contributed by atoms with Crippen molar-refractivity contribution in [1.29, 1.82) is 0 Å². The normalized spacial score (nSPS) is 17.5. The van der Waals surface area contributed by atoms with E-state index in [4.69, 9.17) is 4.74 Å². The first kappa shape index (κ1) is 15.4. The summed E-state index contributed by atoms with van der Waals surface area (Å²) < 4.78 is 32.1. The van der Waals surface area contributed by atoms with Crippen LogP contribution in [0.15, 0.2) is 4.90 Å². The van der Waals surface area contributed by atoms with Gasteiger partial charge in [-0.25, -0.2) is 8.42 Å². The first-order valence-electron chi connectivity index (χ1n) is 6.89. The van der Waals surface area contributed by atoms with Gasteiger partial charge in [0.05, 0.1) is 24.6 Å². The zero-order valence-electron chi connectivity index (χ0n) is 12.0. The Morgan fingerprint density at radius 3 is 2.75 bits per heavy atom. The summed E-state index contributed by atoms with van der Waals surface area (Å²) in [5, 5.41) is 10.1. The predicted octanol–water partition coefficient (Wildman–Crippen LogP) is 0.239. The Balaban J connectivity index is 2.23. The summed E-state index contributed by atoms with van der Waals surface area (Å²) in [6.45, 7) is 6.78. The van der Waals surface area contributed by atoms with Gasteiger partial charge in [0.2, 0.25) is 10.0 Å². The maximum absolute atomic E-state index is 12.7. The lowest BCUT2D eigenvalue weighted by Crippen LogP contribution is -2.41. The third kappa shape index (κ3) is 3.20. The van der Waals surface area contributed by atoms with Crippen LogP contribution in [0, 0.1) is 6.92 Å².